The summed E-state index contributed by atoms with van der Waals surface area (Å²) in [7, 11) is 1.60. The number of allylic oxidation sites excluding steroid dienone is 4. The summed E-state index contributed by atoms with van der Waals surface area (Å²) >= 11 is 1.70. The maximum absolute atomic E-state index is 12.7. The van der Waals surface area contributed by atoms with E-state index < -0.39 is 17.3 Å². The van der Waals surface area contributed by atoms with Gasteiger partial charge >= 0.3 is 5.97 Å². The first-order valence-corrected chi connectivity index (χ1v) is 17.2. The minimum absolute atomic E-state index is 0.0109. The van der Waals surface area contributed by atoms with Crippen LogP contribution in [0.5, 0.6) is 0 Å². The Morgan fingerprint density at radius 3 is 2.75 bits per heavy atom. The summed E-state index contributed by atoms with van der Waals surface area (Å²) in [5, 5.41) is 23.1. The largest absolute Gasteiger partial charge is 0.452 e. The molecule has 0 bridgehead atoms. The lowest BCUT2D eigenvalue weighted by atomic mass is 9.47. The van der Waals surface area contributed by atoms with E-state index >= 15 is 0 Å². The maximum atomic E-state index is 12.7. The van der Waals surface area contributed by atoms with E-state index in [1.54, 1.807) is 31.9 Å². The van der Waals surface area contributed by atoms with Crippen LogP contribution in [0.15, 0.2) is 39.6 Å². The molecule has 0 aromatic carbocycles. The van der Waals surface area contributed by atoms with E-state index in [0.717, 1.165) is 42.7 Å². The van der Waals surface area contributed by atoms with Crippen LogP contribution in [-0.4, -0.2) is 77.7 Å². The molecule has 10 heteroatoms. The highest BCUT2D eigenvalue weighted by atomic mass is 32.2. The van der Waals surface area contributed by atoms with Gasteiger partial charge in [0.25, 0.3) is 0 Å². The van der Waals surface area contributed by atoms with Gasteiger partial charge in [0.15, 0.2) is 5.60 Å². The lowest BCUT2D eigenvalue weighted by molar-refractivity contribution is -0.350. The molecule has 5 rings (SSSR count). The second kappa shape index (κ2) is 12.9. The van der Waals surface area contributed by atoms with E-state index in [1.165, 1.54) is 11.8 Å². The van der Waals surface area contributed by atoms with Gasteiger partial charge in [0.2, 0.25) is 5.91 Å². The van der Waals surface area contributed by atoms with Crippen LogP contribution in [0.4, 0.5) is 0 Å². The Morgan fingerprint density at radius 1 is 1.30 bits per heavy atom. The van der Waals surface area contributed by atoms with Crippen LogP contribution in [0, 0.1) is 28.6 Å². The number of aliphatic imine (C=N–C) groups is 1. The van der Waals surface area contributed by atoms with Gasteiger partial charge in [-0.15, -0.1) is 11.8 Å². The van der Waals surface area contributed by atoms with Gasteiger partial charge in [0, 0.05) is 44.0 Å². The van der Waals surface area contributed by atoms with Crippen molar-refractivity contribution >= 4 is 35.6 Å². The van der Waals surface area contributed by atoms with Crippen LogP contribution in [-0.2, 0) is 23.8 Å². The second-order valence-electron chi connectivity index (χ2n) is 13.3. The van der Waals surface area contributed by atoms with Gasteiger partial charge in [-0.25, -0.2) is 0 Å². The highest BCUT2D eigenvalue weighted by Crippen LogP contribution is 2.72. The molecule has 8 unspecified atom stereocenters. The zero-order valence-electron chi connectivity index (χ0n) is 27.0. The van der Waals surface area contributed by atoms with E-state index in [4.69, 9.17) is 24.6 Å². The van der Waals surface area contributed by atoms with E-state index in [-0.39, 0.29) is 40.5 Å². The number of thioether (sulfide) groups is 1. The molecule has 4 aliphatic carbocycles. The number of rotatable bonds is 11. The molecule has 0 radical (unpaired) electrons. The molecule has 5 aliphatic rings. The molecule has 3 saturated carbocycles. The van der Waals surface area contributed by atoms with Crippen LogP contribution in [0.3, 0.4) is 0 Å². The van der Waals surface area contributed by atoms with Gasteiger partial charge in [-0.1, -0.05) is 26.3 Å². The number of fused-ring (bicyclic) bond motifs is 4. The minimum Gasteiger partial charge on any atom is -0.452 e. The molecule has 0 aromatic rings. The molecule has 4 fully saturated rings. The second-order valence-corrected chi connectivity index (χ2v) is 14.6. The fourth-order valence-electron chi connectivity index (χ4n) is 9.10. The Bertz CT molecular complexity index is 1310. The molecule has 0 aromatic heterocycles. The fourth-order valence-corrected chi connectivity index (χ4v) is 10.3. The number of amides is 1. The van der Waals surface area contributed by atoms with E-state index in [9.17, 15) is 14.7 Å². The van der Waals surface area contributed by atoms with Gasteiger partial charge in [-0.2, -0.15) is 0 Å². The van der Waals surface area contributed by atoms with Gasteiger partial charge in [0.05, 0.1) is 18.4 Å². The number of aliphatic hydroxyl groups is 1. The molecule has 44 heavy (non-hydrogen) atoms. The van der Waals surface area contributed by atoms with Crippen molar-refractivity contribution < 1.29 is 28.9 Å². The normalized spacial score (nSPS) is 38.0. The van der Waals surface area contributed by atoms with Gasteiger partial charge in [-0.05, 0) is 92.6 Å². The van der Waals surface area contributed by atoms with Gasteiger partial charge < -0.3 is 30.0 Å². The number of nitrogens with one attached hydrogen (secondary N) is 2. The third-order valence-corrected chi connectivity index (χ3v) is 12.0. The number of carbonyl (C=O) groups is 2. The molecule has 1 aliphatic heterocycles. The van der Waals surface area contributed by atoms with E-state index in [0.29, 0.717) is 43.7 Å². The third-order valence-electron chi connectivity index (χ3n) is 10.9. The van der Waals surface area contributed by atoms with Crippen molar-refractivity contribution in [1.82, 2.24) is 5.32 Å². The van der Waals surface area contributed by atoms with Crippen molar-refractivity contribution in [2.75, 3.05) is 26.0 Å². The molecule has 242 valence electrons. The lowest BCUT2D eigenvalue weighted by Gasteiger charge is -2.67. The minimum atomic E-state index is -0.674. The molecule has 8 atom stereocenters. The zero-order valence-corrected chi connectivity index (χ0v) is 27.9. The highest BCUT2D eigenvalue weighted by Gasteiger charge is 2.80. The number of hydrogen-bond acceptors (Lipinski definition) is 9. The van der Waals surface area contributed by atoms with Crippen LogP contribution in [0.1, 0.15) is 79.6 Å². The van der Waals surface area contributed by atoms with Crippen molar-refractivity contribution in [1.29, 1.82) is 5.41 Å². The number of ether oxygens (including phenoxy) is 3. The average molecular weight is 628 g/mol. The Labute approximate surface area is 265 Å². The summed E-state index contributed by atoms with van der Waals surface area (Å²) in [6.45, 7) is 10.7. The predicted octanol–water partition coefficient (Wildman–Crippen LogP) is 5.14. The average Bonchev–Trinajstić information content (AvgIpc) is 3.22. The summed E-state index contributed by atoms with van der Waals surface area (Å²) in [4.78, 5) is 30.0. The van der Waals surface area contributed by atoms with Crippen molar-refractivity contribution in [2.45, 2.75) is 102 Å². The zero-order chi connectivity index (χ0) is 31.9. The third kappa shape index (κ3) is 5.33. The molecule has 1 amide bonds. The quantitative estimate of drug-likeness (QED) is 0.125. The summed E-state index contributed by atoms with van der Waals surface area (Å²) in [5.41, 5.74) is 2.28. The number of aliphatic hydroxyl groups excluding tert-OH is 1. The van der Waals surface area contributed by atoms with E-state index in [2.05, 4.69) is 25.2 Å². The summed E-state index contributed by atoms with van der Waals surface area (Å²) in [6, 6.07) is 0. The molecule has 1 spiro atoms. The predicted molar refractivity (Wildman–Crippen MR) is 173 cm³/mol. The molecular formula is C34H49N3O6S. The summed E-state index contributed by atoms with van der Waals surface area (Å²) in [5.74, 6) is 0.974. The first-order valence-electron chi connectivity index (χ1n) is 16.1. The first kappa shape index (κ1) is 33.1. The van der Waals surface area contributed by atoms with Crippen molar-refractivity contribution in [3.8, 4) is 0 Å². The smallest absolute Gasteiger partial charge is 0.306 e. The van der Waals surface area contributed by atoms with Crippen molar-refractivity contribution in [3.63, 3.8) is 0 Å². The fraction of sp³-hybridized carbons (Fsp3) is 0.706. The first-order chi connectivity index (χ1) is 21.0. The molecule has 1 heterocycles. The van der Waals surface area contributed by atoms with Gasteiger partial charge in [0.1, 0.15) is 11.0 Å². The standard InChI is InChI=1S/C34H49N3O6S/c1-7-28(39)42-33-12-11-25-24-10-9-23-16-26(37-21(4)15-20(3)30(40)36-13-14-41-6)22(19-35)17-32(23,5)29(24)27(38)18-34(25,33)43-31(33)44-8-2/h15-16,19,24-25,27,29,31,35,38H,7-14,17-18H2,1-6H3,(H,36,40)/b20-15+,35-19?,37-21?. The highest BCUT2D eigenvalue weighted by molar-refractivity contribution is 7.99. The van der Waals surface area contributed by atoms with Gasteiger partial charge in [-0.3, -0.25) is 14.6 Å². The van der Waals surface area contributed by atoms with Crippen molar-refractivity contribution in [3.05, 3.63) is 34.6 Å². The maximum Gasteiger partial charge on any atom is 0.306 e. The number of hydrogen-bond donors (Lipinski definition) is 3. The number of methoxy groups -OCH3 is 1. The van der Waals surface area contributed by atoms with Crippen molar-refractivity contribution in [2.24, 2.45) is 28.2 Å². The van der Waals surface area contributed by atoms with Crippen LogP contribution in [0.2, 0.25) is 0 Å². The molecule has 9 nitrogen and oxygen atoms in total. The summed E-state index contributed by atoms with van der Waals surface area (Å²) in [6.07, 6.45) is 9.59. The Morgan fingerprint density at radius 2 is 2.07 bits per heavy atom. The SMILES string of the molecule is CCSC1OC23CC(O)C4C(CCC5=CC(N=C(C)/C=C(\C)C(=O)NCCOC)=C(C=N)CC54C)C2CCC13OC(=O)CC. The summed E-state index contributed by atoms with van der Waals surface area (Å²) < 4.78 is 18.0. The number of nitrogens with zero attached hydrogens (tertiary/aromatic N) is 1. The Kier molecular flexibility index (Phi) is 9.67. The molecular weight excluding hydrogens is 578 g/mol. The Balaban J connectivity index is 1.40. The van der Waals surface area contributed by atoms with Crippen LogP contribution >= 0.6 is 11.8 Å². The van der Waals surface area contributed by atoms with Crippen LogP contribution < -0.4 is 5.32 Å². The number of carbonyl (C=O) groups excluding carboxylic acids is 2. The number of esters is 1. The molecule has 3 N–H and O–H groups in total. The molecule has 1 saturated heterocycles. The monoisotopic (exact) mass is 627 g/mol. The topological polar surface area (TPSA) is 130 Å². The van der Waals surface area contributed by atoms with E-state index in [1.807, 2.05) is 13.8 Å². The van der Waals surface area contributed by atoms with Crippen LogP contribution in [0.25, 0.3) is 0 Å². The Hall–Kier alpha value is -2.27. The lowest BCUT2D eigenvalue weighted by Crippen LogP contribution is -2.78.